The quantitative estimate of drug-likeness (QED) is 0.0827. The molecule has 0 saturated heterocycles. The Hall–Kier alpha value is -3.80. The number of rotatable bonds is 5. The maximum absolute atomic E-state index is 12.8. The van der Waals surface area contributed by atoms with Crippen LogP contribution in [0.25, 0.3) is 33.4 Å². The number of methoxy groups -OCH3 is 1. The van der Waals surface area contributed by atoms with Gasteiger partial charge >= 0.3 is 11.9 Å². The van der Waals surface area contributed by atoms with Crippen molar-refractivity contribution in [3.05, 3.63) is 53.4 Å². The van der Waals surface area contributed by atoms with Crippen LogP contribution in [-0.4, -0.2) is 54.3 Å². The Balaban J connectivity index is 0.00000400. The highest BCUT2D eigenvalue weighted by molar-refractivity contribution is 6.09. The van der Waals surface area contributed by atoms with Gasteiger partial charge < -0.3 is 53.8 Å². The SMILES string of the molecule is CNc1c(C(=O)OC)cc(-c2c3ccc(=[N+](C)C)cc-3oc3cc(N(C)C)ccc23)c(OC(C)=O)c1N.[I-]. The molecule has 9 nitrogen and oxygen atoms in total. The van der Waals surface area contributed by atoms with Crippen LogP contribution >= 0.6 is 0 Å². The number of hydrogen-bond acceptors (Lipinski definition) is 8. The van der Waals surface area contributed by atoms with Crippen LogP contribution in [0.2, 0.25) is 0 Å². The molecule has 10 heteroatoms. The number of nitrogen functional groups attached to an aromatic ring is 1. The summed E-state index contributed by atoms with van der Waals surface area (Å²) in [7, 11) is 10.7. The zero-order valence-electron chi connectivity index (χ0n) is 22.4. The summed E-state index contributed by atoms with van der Waals surface area (Å²) in [6, 6.07) is 13.4. The van der Waals surface area contributed by atoms with Crippen molar-refractivity contribution >= 4 is 40.0 Å². The zero-order chi connectivity index (χ0) is 27.0. The predicted octanol–water partition coefficient (Wildman–Crippen LogP) is 0.642. The van der Waals surface area contributed by atoms with E-state index in [1.807, 2.05) is 74.1 Å². The van der Waals surface area contributed by atoms with Gasteiger partial charge in [-0.05, 0) is 24.3 Å². The van der Waals surface area contributed by atoms with E-state index in [1.54, 1.807) is 13.1 Å². The van der Waals surface area contributed by atoms with Gasteiger partial charge in [0.15, 0.2) is 5.75 Å². The molecule has 0 spiro atoms. The van der Waals surface area contributed by atoms with Gasteiger partial charge in [-0.2, -0.15) is 0 Å². The first kappa shape index (κ1) is 28.8. The Bertz CT molecular complexity index is 1590. The lowest BCUT2D eigenvalue weighted by Gasteiger charge is -2.22. The molecule has 2 aromatic carbocycles. The van der Waals surface area contributed by atoms with Gasteiger partial charge in [-0.3, -0.25) is 4.79 Å². The van der Waals surface area contributed by atoms with E-state index in [0.29, 0.717) is 28.2 Å². The number of carbonyl (C=O) groups excluding carboxylic acids is 2. The first-order chi connectivity index (χ1) is 17.6. The van der Waals surface area contributed by atoms with Gasteiger partial charge in [-0.25, -0.2) is 9.37 Å². The van der Waals surface area contributed by atoms with Gasteiger partial charge in [0.25, 0.3) is 0 Å². The first-order valence-corrected chi connectivity index (χ1v) is 11.7. The van der Waals surface area contributed by atoms with Gasteiger partial charge in [0, 0.05) is 68.0 Å². The highest BCUT2D eigenvalue weighted by Gasteiger charge is 2.27. The fraction of sp³-hybridized carbons (Fsp3) is 0.250. The Kier molecular flexibility index (Phi) is 8.55. The second-order valence-corrected chi connectivity index (χ2v) is 9.05. The molecular weight excluding hydrogens is 599 g/mol. The van der Waals surface area contributed by atoms with Crippen molar-refractivity contribution in [2.75, 3.05) is 58.3 Å². The number of nitrogens with zero attached hydrogens (tertiary/aromatic N) is 2. The van der Waals surface area contributed by atoms with Gasteiger partial charge in [0.05, 0.1) is 24.4 Å². The number of anilines is 3. The number of ether oxygens (including phenoxy) is 2. The molecule has 38 heavy (non-hydrogen) atoms. The number of esters is 2. The lowest BCUT2D eigenvalue weighted by atomic mass is 9.90. The largest absolute Gasteiger partial charge is 1.00 e. The third-order valence-electron chi connectivity index (χ3n) is 6.21. The first-order valence-electron chi connectivity index (χ1n) is 11.7. The molecule has 1 aliphatic heterocycles. The summed E-state index contributed by atoms with van der Waals surface area (Å²) < 4.78 is 19.1. The minimum atomic E-state index is -0.578. The molecule has 1 aliphatic carbocycles. The Morgan fingerprint density at radius 2 is 1.76 bits per heavy atom. The van der Waals surface area contributed by atoms with Crippen molar-refractivity contribution in [3.8, 4) is 28.2 Å². The van der Waals surface area contributed by atoms with E-state index < -0.39 is 11.9 Å². The van der Waals surface area contributed by atoms with Crippen LogP contribution < -0.4 is 54.6 Å². The maximum atomic E-state index is 12.8. The van der Waals surface area contributed by atoms with Gasteiger partial charge in [-0.15, -0.1) is 0 Å². The lowest BCUT2D eigenvalue weighted by molar-refractivity contribution is -0.131. The normalized spacial score (nSPS) is 10.6. The topological polar surface area (TPSA) is 110 Å². The number of hydrogen-bond donors (Lipinski definition) is 2. The third kappa shape index (κ3) is 5.13. The number of benzene rings is 3. The molecule has 1 heterocycles. The van der Waals surface area contributed by atoms with E-state index in [9.17, 15) is 9.59 Å². The molecule has 2 aromatic rings. The van der Waals surface area contributed by atoms with E-state index >= 15 is 0 Å². The van der Waals surface area contributed by atoms with Crippen molar-refractivity contribution in [2.45, 2.75) is 6.92 Å². The second kappa shape index (κ2) is 11.3. The molecular formula is C28H31IN4O5. The van der Waals surface area contributed by atoms with Crippen LogP contribution in [0.3, 0.4) is 0 Å². The van der Waals surface area contributed by atoms with Crippen molar-refractivity contribution in [2.24, 2.45) is 0 Å². The average molecular weight is 630 g/mol. The van der Waals surface area contributed by atoms with Crippen LogP contribution in [0.5, 0.6) is 5.75 Å². The smallest absolute Gasteiger partial charge is 0.340 e. The fourth-order valence-corrected chi connectivity index (χ4v) is 4.38. The summed E-state index contributed by atoms with van der Waals surface area (Å²) in [5, 5.41) is 4.65. The van der Waals surface area contributed by atoms with Crippen LogP contribution in [-0.2, 0) is 9.53 Å². The number of fused-ring (bicyclic) bond motifs is 2. The number of halogens is 1. The zero-order valence-corrected chi connectivity index (χ0v) is 24.6. The molecule has 0 fully saturated rings. The summed E-state index contributed by atoms with van der Waals surface area (Å²) in [6.07, 6.45) is 0. The monoisotopic (exact) mass is 630 g/mol. The number of nitrogens with two attached hydrogens (primary N) is 1. The Morgan fingerprint density at radius 3 is 2.34 bits per heavy atom. The molecule has 2 aliphatic rings. The number of carbonyl (C=O) groups is 2. The summed E-state index contributed by atoms with van der Waals surface area (Å²) >= 11 is 0. The molecule has 3 N–H and O–H groups in total. The minimum Gasteiger partial charge on any atom is -1.00 e. The van der Waals surface area contributed by atoms with E-state index in [0.717, 1.165) is 22.0 Å². The molecule has 0 bridgehead atoms. The van der Waals surface area contributed by atoms with Crippen molar-refractivity contribution in [1.82, 2.24) is 4.58 Å². The van der Waals surface area contributed by atoms with Crippen molar-refractivity contribution < 1.29 is 47.5 Å². The van der Waals surface area contributed by atoms with Crippen molar-refractivity contribution in [1.29, 1.82) is 0 Å². The summed E-state index contributed by atoms with van der Waals surface area (Å²) in [5.74, 6) is -0.355. The Labute approximate surface area is 238 Å². The predicted molar refractivity (Wildman–Crippen MR) is 146 cm³/mol. The van der Waals surface area contributed by atoms with E-state index in [4.69, 9.17) is 19.6 Å². The lowest BCUT2D eigenvalue weighted by Crippen LogP contribution is -3.00. The molecule has 4 rings (SSSR count). The van der Waals surface area contributed by atoms with E-state index in [-0.39, 0.29) is 41.0 Å². The third-order valence-corrected chi connectivity index (χ3v) is 6.21. The Morgan fingerprint density at radius 1 is 1.05 bits per heavy atom. The molecule has 0 aromatic heterocycles. The summed E-state index contributed by atoms with van der Waals surface area (Å²) in [5.41, 5.74) is 10.7. The highest BCUT2D eigenvalue weighted by Crippen LogP contribution is 2.48. The molecule has 0 amide bonds. The highest BCUT2D eigenvalue weighted by atomic mass is 127. The van der Waals surface area contributed by atoms with Crippen LogP contribution in [0, 0.1) is 0 Å². The standard InChI is InChI=1S/C28H30N4O5.HI/c1-15(33)36-27-20(14-21(28(34)35-7)26(30-2)25(27)29)24-18-10-8-16(31(3)4)12-22(18)37-23-13-17(32(5)6)9-11-19(23)24;/h8-14H,29H2,1-7H3;1H. The second-order valence-electron chi connectivity index (χ2n) is 9.05. The molecule has 0 saturated carbocycles. The maximum Gasteiger partial charge on any atom is 0.340 e. The average Bonchev–Trinajstić information content (AvgIpc) is 2.86. The van der Waals surface area contributed by atoms with Crippen LogP contribution in [0.15, 0.2) is 46.9 Å². The molecule has 200 valence electrons. The molecule has 0 unspecified atom stereocenters. The van der Waals surface area contributed by atoms with E-state index in [1.165, 1.54) is 14.0 Å². The van der Waals surface area contributed by atoms with Gasteiger partial charge in [0.2, 0.25) is 5.36 Å². The summed E-state index contributed by atoms with van der Waals surface area (Å²) in [6.45, 7) is 1.31. The molecule has 0 radical (unpaired) electrons. The van der Waals surface area contributed by atoms with Crippen LogP contribution in [0.1, 0.15) is 17.3 Å². The minimum absolute atomic E-state index is 0. The fourth-order valence-electron chi connectivity index (χ4n) is 4.38. The van der Waals surface area contributed by atoms with Crippen molar-refractivity contribution in [3.63, 3.8) is 0 Å². The van der Waals surface area contributed by atoms with Gasteiger partial charge in [0.1, 0.15) is 31.1 Å². The van der Waals surface area contributed by atoms with E-state index in [2.05, 4.69) is 5.32 Å². The van der Waals surface area contributed by atoms with Gasteiger partial charge in [-0.1, -0.05) is 0 Å². The van der Waals surface area contributed by atoms with Crippen LogP contribution in [0.4, 0.5) is 17.1 Å². The summed E-state index contributed by atoms with van der Waals surface area (Å²) in [4.78, 5) is 26.9. The number of nitrogens with one attached hydrogen (secondary N) is 1. The molecule has 0 atom stereocenters.